The van der Waals surface area contributed by atoms with Gasteiger partial charge in [-0.3, -0.25) is 0 Å². The Kier molecular flexibility index (Phi) is 6.98. The molecule has 0 amide bonds. The van der Waals surface area contributed by atoms with E-state index in [1.165, 1.54) is 32.1 Å². The van der Waals surface area contributed by atoms with E-state index >= 15 is 0 Å². The van der Waals surface area contributed by atoms with Gasteiger partial charge in [-0.15, -0.1) is 0 Å². The molecule has 1 saturated carbocycles. The second-order valence-corrected chi connectivity index (χ2v) is 4.21. The van der Waals surface area contributed by atoms with Crippen molar-refractivity contribution in [3.8, 4) is 0 Å². The van der Waals surface area contributed by atoms with Crippen LogP contribution in [0, 0.1) is 0 Å². The first-order valence-electron chi connectivity index (χ1n) is 6.20. The van der Waals surface area contributed by atoms with Gasteiger partial charge >= 0.3 is 0 Å². The van der Waals surface area contributed by atoms with Crippen molar-refractivity contribution in [1.29, 1.82) is 0 Å². The summed E-state index contributed by atoms with van der Waals surface area (Å²) in [5, 5.41) is 3.56. The summed E-state index contributed by atoms with van der Waals surface area (Å²) in [5.41, 5.74) is 0. The Morgan fingerprint density at radius 2 is 2.07 bits per heavy atom. The quantitative estimate of drug-likeness (QED) is 0.543. The Labute approximate surface area is 93.5 Å². The molecule has 1 N–H and O–H groups in total. The van der Waals surface area contributed by atoms with E-state index in [0.717, 1.165) is 19.8 Å². The average molecular weight is 215 g/mol. The molecule has 3 heteroatoms. The summed E-state index contributed by atoms with van der Waals surface area (Å²) in [5.74, 6) is 0. The van der Waals surface area contributed by atoms with Crippen LogP contribution in [0.4, 0.5) is 0 Å². The molecule has 0 spiro atoms. The van der Waals surface area contributed by atoms with Crippen LogP contribution < -0.4 is 5.32 Å². The maximum Gasteiger partial charge on any atom is 0.0590 e. The number of hydrogen-bond donors (Lipinski definition) is 1. The largest absolute Gasteiger partial charge is 0.381 e. The summed E-state index contributed by atoms with van der Waals surface area (Å²) >= 11 is 0. The van der Waals surface area contributed by atoms with E-state index in [0.29, 0.717) is 12.1 Å². The molecule has 15 heavy (non-hydrogen) atoms. The fourth-order valence-corrected chi connectivity index (χ4v) is 2.19. The lowest BCUT2D eigenvalue weighted by atomic mass is 10.1. The molecule has 0 aliphatic heterocycles. The van der Waals surface area contributed by atoms with Gasteiger partial charge in [0.05, 0.1) is 12.7 Å². The van der Waals surface area contributed by atoms with Crippen molar-refractivity contribution in [2.75, 3.05) is 26.9 Å². The first kappa shape index (κ1) is 12.9. The maximum absolute atomic E-state index is 5.41. The van der Waals surface area contributed by atoms with Crippen molar-refractivity contribution < 1.29 is 9.47 Å². The molecule has 2 unspecified atom stereocenters. The fourth-order valence-electron chi connectivity index (χ4n) is 2.19. The summed E-state index contributed by atoms with van der Waals surface area (Å²) in [6.07, 6.45) is 6.72. The van der Waals surface area contributed by atoms with Gasteiger partial charge in [0.25, 0.3) is 0 Å². The lowest BCUT2D eigenvalue weighted by Gasteiger charge is -2.16. The molecular formula is C12H25NO2. The van der Waals surface area contributed by atoms with Gasteiger partial charge in [0, 0.05) is 26.3 Å². The van der Waals surface area contributed by atoms with Crippen molar-refractivity contribution >= 4 is 0 Å². The average Bonchev–Trinajstić information content (AvgIpc) is 2.49. The smallest absolute Gasteiger partial charge is 0.0590 e. The van der Waals surface area contributed by atoms with Crippen molar-refractivity contribution in [1.82, 2.24) is 5.32 Å². The summed E-state index contributed by atoms with van der Waals surface area (Å²) in [6, 6.07) is 0.672. The predicted molar refractivity (Wildman–Crippen MR) is 62.2 cm³/mol. The van der Waals surface area contributed by atoms with Crippen LogP contribution >= 0.6 is 0 Å². The van der Waals surface area contributed by atoms with E-state index in [1.807, 2.05) is 14.0 Å². The molecule has 1 fully saturated rings. The van der Waals surface area contributed by atoms with Crippen LogP contribution in [0.5, 0.6) is 0 Å². The highest BCUT2D eigenvalue weighted by molar-refractivity contribution is 4.74. The third-order valence-electron chi connectivity index (χ3n) is 3.13. The molecule has 0 bridgehead atoms. The number of rotatable bonds is 6. The first-order chi connectivity index (χ1) is 7.36. The molecular weight excluding hydrogens is 190 g/mol. The third kappa shape index (κ3) is 5.50. The molecule has 2 atom stereocenters. The summed E-state index contributed by atoms with van der Waals surface area (Å²) < 4.78 is 10.7. The lowest BCUT2D eigenvalue weighted by molar-refractivity contribution is 0.0892. The Morgan fingerprint density at radius 1 is 1.20 bits per heavy atom. The molecule has 3 nitrogen and oxygen atoms in total. The molecule has 0 heterocycles. The minimum atomic E-state index is 0.490. The number of ether oxygens (including phenoxy) is 2. The predicted octanol–water partition coefficient (Wildman–Crippen LogP) is 1.96. The van der Waals surface area contributed by atoms with E-state index < -0.39 is 0 Å². The second kappa shape index (κ2) is 8.08. The van der Waals surface area contributed by atoms with E-state index in [9.17, 15) is 0 Å². The van der Waals surface area contributed by atoms with Crippen LogP contribution in [0.15, 0.2) is 0 Å². The molecule has 0 aromatic heterocycles. The lowest BCUT2D eigenvalue weighted by Crippen LogP contribution is -2.31. The molecule has 90 valence electrons. The molecule has 0 saturated heterocycles. The van der Waals surface area contributed by atoms with Crippen LogP contribution in [0.25, 0.3) is 0 Å². The molecule has 0 radical (unpaired) electrons. The number of methoxy groups -OCH3 is 1. The van der Waals surface area contributed by atoms with Gasteiger partial charge in [0.15, 0.2) is 0 Å². The summed E-state index contributed by atoms with van der Waals surface area (Å²) in [4.78, 5) is 0. The highest BCUT2D eigenvalue weighted by atomic mass is 16.5. The zero-order valence-corrected chi connectivity index (χ0v) is 10.1. The fraction of sp³-hybridized carbons (Fsp3) is 1.00. The van der Waals surface area contributed by atoms with Crippen molar-refractivity contribution in [3.05, 3.63) is 0 Å². The van der Waals surface area contributed by atoms with Crippen LogP contribution in [-0.4, -0.2) is 39.0 Å². The van der Waals surface area contributed by atoms with Gasteiger partial charge in [0.2, 0.25) is 0 Å². The Bertz CT molecular complexity index is 153. The van der Waals surface area contributed by atoms with Gasteiger partial charge in [-0.1, -0.05) is 0 Å². The van der Waals surface area contributed by atoms with E-state index in [1.54, 1.807) is 0 Å². The zero-order chi connectivity index (χ0) is 10.9. The van der Waals surface area contributed by atoms with E-state index in [4.69, 9.17) is 9.47 Å². The Morgan fingerprint density at radius 3 is 2.80 bits per heavy atom. The monoisotopic (exact) mass is 215 g/mol. The summed E-state index contributed by atoms with van der Waals surface area (Å²) in [6.45, 7) is 4.67. The number of nitrogens with one attached hydrogen (secondary N) is 1. The van der Waals surface area contributed by atoms with E-state index in [2.05, 4.69) is 5.32 Å². The second-order valence-electron chi connectivity index (χ2n) is 4.21. The Hall–Kier alpha value is -0.120. The number of hydrogen-bond acceptors (Lipinski definition) is 3. The van der Waals surface area contributed by atoms with Gasteiger partial charge in [-0.25, -0.2) is 0 Å². The van der Waals surface area contributed by atoms with Gasteiger partial charge < -0.3 is 14.8 Å². The minimum absolute atomic E-state index is 0.490. The van der Waals surface area contributed by atoms with Crippen LogP contribution in [0.1, 0.15) is 39.0 Å². The van der Waals surface area contributed by atoms with Gasteiger partial charge in [0.1, 0.15) is 0 Å². The molecule has 0 aromatic carbocycles. The molecule has 1 rings (SSSR count). The van der Waals surface area contributed by atoms with Crippen LogP contribution in [0.2, 0.25) is 0 Å². The first-order valence-corrected chi connectivity index (χ1v) is 6.20. The standard InChI is InChI=1S/C12H25NO2/c1-3-15-10-9-13-11-5-4-6-12(14-2)8-7-11/h11-13H,3-10H2,1-2H3. The minimum Gasteiger partial charge on any atom is -0.381 e. The Balaban J connectivity index is 2.08. The topological polar surface area (TPSA) is 30.5 Å². The third-order valence-corrected chi connectivity index (χ3v) is 3.13. The van der Waals surface area contributed by atoms with E-state index in [-0.39, 0.29) is 0 Å². The van der Waals surface area contributed by atoms with Crippen LogP contribution in [-0.2, 0) is 9.47 Å². The molecule has 1 aliphatic rings. The summed E-state index contributed by atoms with van der Waals surface area (Å²) in [7, 11) is 1.83. The SMILES string of the molecule is CCOCCNC1CCCC(OC)CC1. The van der Waals surface area contributed by atoms with Crippen molar-refractivity contribution in [2.45, 2.75) is 51.2 Å². The molecule has 1 aliphatic carbocycles. The highest BCUT2D eigenvalue weighted by Gasteiger charge is 2.17. The van der Waals surface area contributed by atoms with Gasteiger partial charge in [-0.05, 0) is 39.0 Å². The van der Waals surface area contributed by atoms with Crippen molar-refractivity contribution in [2.24, 2.45) is 0 Å². The highest BCUT2D eigenvalue weighted by Crippen LogP contribution is 2.19. The van der Waals surface area contributed by atoms with Crippen molar-refractivity contribution in [3.63, 3.8) is 0 Å². The zero-order valence-electron chi connectivity index (χ0n) is 10.1. The van der Waals surface area contributed by atoms with Gasteiger partial charge in [-0.2, -0.15) is 0 Å². The molecule has 0 aromatic rings. The maximum atomic E-state index is 5.41. The van der Waals surface area contributed by atoms with Crippen LogP contribution in [0.3, 0.4) is 0 Å². The normalized spacial score (nSPS) is 27.6.